The number of likely N-dealkylation sites (N-methyl/N-ethyl adjacent to an activating group) is 2. The van der Waals surface area contributed by atoms with Crippen molar-refractivity contribution in [1.82, 2.24) is 19.6 Å². The zero-order valence-corrected chi connectivity index (χ0v) is 14.2. The third-order valence-corrected chi connectivity index (χ3v) is 5.84. The average molecular weight is 322 g/mol. The number of carbonyl (C=O) groups is 3. The number of amides is 4. The second kappa shape index (κ2) is 5.78. The van der Waals surface area contributed by atoms with Crippen LogP contribution in [-0.2, 0) is 9.59 Å². The number of rotatable bonds is 2. The predicted molar refractivity (Wildman–Crippen MR) is 84.7 cm³/mol. The summed E-state index contributed by atoms with van der Waals surface area (Å²) in [6, 6.07) is -0.198. The minimum atomic E-state index is -0.637. The normalized spacial score (nSPS) is 29.1. The van der Waals surface area contributed by atoms with Crippen molar-refractivity contribution in [1.29, 1.82) is 0 Å². The van der Waals surface area contributed by atoms with Gasteiger partial charge in [0.15, 0.2) is 0 Å². The van der Waals surface area contributed by atoms with Crippen LogP contribution in [0.5, 0.6) is 0 Å². The monoisotopic (exact) mass is 322 g/mol. The van der Waals surface area contributed by atoms with Gasteiger partial charge in [0.2, 0.25) is 5.91 Å². The molecule has 3 aliphatic heterocycles. The number of likely N-dealkylation sites (tertiary alicyclic amines) is 2. The summed E-state index contributed by atoms with van der Waals surface area (Å²) >= 11 is 0. The smallest absolute Gasteiger partial charge is 0.327 e. The van der Waals surface area contributed by atoms with E-state index in [1.807, 2.05) is 11.9 Å². The molecule has 7 nitrogen and oxygen atoms in total. The van der Waals surface area contributed by atoms with Gasteiger partial charge in [0, 0.05) is 53.7 Å². The molecule has 0 aromatic rings. The lowest BCUT2D eigenvalue weighted by Crippen LogP contribution is -2.56. The molecule has 0 aromatic heterocycles. The summed E-state index contributed by atoms with van der Waals surface area (Å²) < 4.78 is 0. The Morgan fingerprint density at radius 2 is 1.74 bits per heavy atom. The summed E-state index contributed by atoms with van der Waals surface area (Å²) in [5.74, 6) is 0.680. The van der Waals surface area contributed by atoms with Crippen LogP contribution in [0.3, 0.4) is 0 Å². The third kappa shape index (κ3) is 2.60. The molecule has 1 spiro atoms. The van der Waals surface area contributed by atoms with E-state index in [0.29, 0.717) is 25.2 Å². The molecule has 0 N–H and O–H groups in total. The van der Waals surface area contributed by atoms with Crippen molar-refractivity contribution in [2.45, 2.75) is 31.2 Å². The van der Waals surface area contributed by atoms with E-state index in [4.69, 9.17) is 0 Å². The van der Waals surface area contributed by atoms with Gasteiger partial charge in [-0.1, -0.05) is 0 Å². The molecule has 7 heteroatoms. The first-order valence-electron chi connectivity index (χ1n) is 8.37. The summed E-state index contributed by atoms with van der Waals surface area (Å²) in [5, 5.41) is 0. The lowest BCUT2D eigenvalue weighted by Gasteiger charge is -2.42. The minimum Gasteiger partial charge on any atom is -0.345 e. The van der Waals surface area contributed by atoms with E-state index >= 15 is 0 Å². The zero-order valence-electron chi connectivity index (χ0n) is 14.2. The topological polar surface area (TPSA) is 64.2 Å². The molecule has 3 heterocycles. The number of hydrogen-bond donors (Lipinski definition) is 0. The van der Waals surface area contributed by atoms with E-state index in [1.54, 1.807) is 19.0 Å². The Morgan fingerprint density at radius 1 is 1.09 bits per heavy atom. The molecule has 0 saturated carbocycles. The average Bonchev–Trinajstić information content (AvgIpc) is 2.69. The maximum Gasteiger partial charge on any atom is 0.327 e. The molecule has 1 unspecified atom stereocenters. The Bertz CT molecular complexity index is 527. The van der Waals surface area contributed by atoms with Crippen LogP contribution in [0.1, 0.15) is 25.7 Å². The Hall–Kier alpha value is -1.63. The van der Waals surface area contributed by atoms with Gasteiger partial charge in [-0.15, -0.1) is 0 Å². The molecule has 0 aliphatic carbocycles. The number of urea groups is 1. The molecule has 0 aromatic carbocycles. The lowest BCUT2D eigenvalue weighted by atomic mass is 9.85. The first-order valence-corrected chi connectivity index (χ1v) is 8.37. The fourth-order valence-corrected chi connectivity index (χ4v) is 4.22. The van der Waals surface area contributed by atoms with Crippen molar-refractivity contribution in [2.75, 3.05) is 47.3 Å². The minimum absolute atomic E-state index is 0.0624. The molecule has 3 aliphatic rings. The van der Waals surface area contributed by atoms with Gasteiger partial charge in [-0.2, -0.15) is 0 Å². The molecule has 0 radical (unpaired) electrons. The van der Waals surface area contributed by atoms with Gasteiger partial charge in [-0.05, 0) is 25.2 Å². The SMILES string of the molecule is CN1CC(CN2CCC3(CC2)C(=O)N(C)C(=O)N3C)CCC1=O. The van der Waals surface area contributed by atoms with Gasteiger partial charge >= 0.3 is 6.03 Å². The highest BCUT2D eigenvalue weighted by Gasteiger charge is 2.55. The maximum atomic E-state index is 12.5. The van der Waals surface area contributed by atoms with Crippen LogP contribution in [0.15, 0.2) is 0 Å². The van der Waals surface area contributed by atoms with Crippen molar-refractivity contribution < 1.29 is 14.4 Å². The second-order valence-electron chi connectivity index (χ2n) is 7.22. The van der Waals surface area contributed by atoms with Crippen molar-refractivity contribution in [3.8, 4) is 0 Å². The van der Waals surface area contributed by atoms with E-state index < -0.39 is 5.54 Å². The zero-order chi connectivity index (χ0) is 16.8. The van der Waals surface area contributed by atoms with E-state index in [9.17, 15) is 14.4 Å². The first kappa shape index (κ1) is 16.2. The van der Waals surface area contributed by atoms with Crippen molar-refractivity contribution in [3.63, 3.8) is 0 Å². The highest BCUT2D eigenvalue weighted by atomic mass is 16.2. The van der Waals surface area contributed by atoms with Gasteiger partial charge in [0.1, 0.15) is 5.54 Å². The molecule has 128 valence electrons. The van der Waals surface area contributed by atoms with Crippen LogP contribution in [0.2, 0.25) is 0 Å². The number of nitrogens with zero attached hydrogens (tertiary/aromatic N) is 4. The Balaban J connectivity index is 1.58. The molecule has 3 rings (SSSR count). The quantitative estimate of drug-likeness (QED) is 0.682. The Labute approximate surface area is 137 Å². The maximum absolute atomic E-state index is 12.5. The Kier molecular flexibility index (Phi) is 4.08. The van der Waals surface area contributed by atoms with Crippen molar-refractivity contribution >= 4 is 17.8 Å². The molecule has 1 atom stereocenters. The van der Waals surface area contributed by atoms with Crippen molar-refractivity contribution in [3.05, 3.63) is 0 Å². The van der Waals surface area contributed by atoms with Crippen LogP contribution in [-0.4, -0.2) is 90.3 Å². The number of hydrogen-bond acceptors (Lipinski definition) is 4. The largest absolute Gasteiger partial charge is 0.345 e. The molecular weight excluding hydrogens is 296 g/mol. The molecule has 4 amide bonds. The van der Waals surface area contributed by atoms with E-state index in [1.165, 1.54) is 4.90 Å². The van der Waals surface area contributed by atoms with Crippen LogP contribution in [0, 0.1) is 5.92 Å². The van der Waals surface area contributed by atoms with Gasteiger partial charge < -0.3 is 14.7 Å². The number of imide groups is 1. The van der Waals surface area contributed by atoms with Crippen LogP contribution >= 0.6 is 0 Å². The third-order valence-electron chi connectivity index (χ3n) is 5.84. The molecule has 0 bridgehead atoms. The highest BCUT2D eigenvalue weighted by Crippen LogP contribution is 2.35. The lowest BCUT2D eigenvalue weighted by molar-refractivity contribution is -0.135. The van der Waals surface area contributed by atoms with E-state index in [0.717, 1.165) is 32.6 Å². The van der Waals surface area contributed by atoms with Gasteiger partial charge in [-0.25, -0.2) is 4.79 Å². The fourth-order valence-electron chi connectivity index (χ4n) is 4.22. The second-order valence-corrected chi connectivity index (χ2v) is 7.22. The van der Waals surface area contributed by atoms with Gasteiger partial charge in [-0.3, -0.25) is 14.5 Å². The molecular formula is C16H26N4O3. The summed E-state index contributed by atoms with van der Waals surface area (Å²) in [5.41, 5.74) is -0.637. The number of carbonyl (C=O) groups excluding carboxylic acids is 3. The van der Waals surface area contributed by atoms with Crippen LogP contribution in [0.4, 0.5) is 4.79 Å². The van der Waals surface area contributed by atoms with Crippen LogP contribution < -0.4 is 0 Å². The van der Waals surface area contributed by atoms with Crippen molar-refractivity contribution in [2.24, 2.45) is 5.92 Å². The van der Waals surface area contributed by atoms with Gasteiger partial charge in [0.25, 0.3) is 5.91 Å². The first-order chi connectivity index (χ1) is 10.8. The summed E-state index contributed by atoms with van der Waals surface area (Å²) in [6.45, 7) is 3.44. The predicted octanol–water partition coefficient (Wildman–Crippen LogP) is 0.213. The Morgan fingerprint density at radius 3 is 2.26 bits per heavy atom. The standard InChI is InChI=1S/C16H26N4O3/c1-17-10-12(4-5-13(17)21)11-20-8-6-16(7-9-20)14(22)18(2)15(23)19(16)3/h12H,4-11H2,1-3H3. The number of piperidine rings is 2. The molecule has 3 fully saturated rings. The summed E-state index contributed by atoms with van der Waals surface area (Å²) in [7, 11) is 5.17. The highest BCUT2D eigenvalue weighted by molar-refractivity contribution is 6.06. The van der Waals surface area contributed by atoms with E-state index in [2.05, 4.69) is 4.90 Å². The summed E-state index contributed by atoms with van der Waals surface area (Å²) in [6.07, 6.45) is 2.98. The van der Waals surface area contributed by atoms with Crippen LogP contribution in [0.25, 0.3) is 0 Å². The molecule has 3 saturated heterocycles. The fraction of sp³-hybridized carbons (Fsp3) is 0.812. The summed E-state index contributed by atoms with van der Waals surface area (Å²) in [4.78, 5) is 43.2. The van der Waals surface area contributed by atoms with E-state index in [-0.39, 0.29) is 17.8 Å². The van der Waals surface area contributed by atoms with Gasteiger partial charge in [0.05, 0.1) is 0 Å². The molecule has 23 heavy (non-hydrogen) atoms.